The van der Waals surface area contributed by atoms with Gasteiger partial charge in [0.2, 0.25) is 0 Å². The van der Waals surface area contributed by atoms with Gasteiger partial charge in [-0.15, -0.1) is 0 Å². The summed E-state index contributed by atoms with van der Waals surface area (Å²) in [5, 5.41) is 4.40. The highest BCUT2D eigenvalue weighted by Gasteiger charge is 2.17. The van der Waals surface area contributed by atoms with Crippen molar-refractivity contribution in [2.45, 2.75) is 47.0 Å². The first-order valence-electron chi connectivity index (χ1n) is 8.01. The second-order valence-corrected chi connectivity index (χ2v) is 7.65. The Labute approximate surface area is 159 Å². The molecule has 0 saturated carbocycles. The molecule has 1 aromatic carbocycles. The normalized spacial score (nSPS) is 10.9. The summed E-state index contributed by atoms with van der Waals surface area (Å²) in [7, 11) is 0. The predicted octanol–water partition coefficient (Wildman–Crippen LogP) is 5.40. The molecule has 6 heteroatoms. The van der Waals surface area contributed by atoms with Crippen LogP contribution in [-0.2, 0) is 6.42 Å². The molecule has 0 saturated heterocycles. The number of hydrogen-bond acceptors (Lipinski definition) is 3. The number of benzene rings is 1. The number of aromatic nitrogens is 2. The van der Waals surface area contributed by atoms with Crippen LogP contribution >= 0.6 is 31.9 Å². The molecule has 0 radical (unpaired) electrons. The van der Waals surface area contributed by atoms with E-state index < -0.39 is 0 Å². The van der Waals surface area contributed by atoms with Gasteiger partial charge in [-0.25, -0.2) is 4.68 Å². The Hall–Kier alpha value is -1.14. The second-order valence-electron chi connectivity index (χ2n) is 5.88. The molecule has 0 atom stereocenters. The third kappa shape index (κ3) is 4.28. The van der Waals surface area contributed by atoms with Gasteiger partial charge >= 0.3 is 0 Å². The van der Waals surface area contributed by atoms with E-state index in [0.717, 1.165) is 45.2 Å². The van der Waals surface area contributed by atoms with Gasteiger partial charge in [0.15, 0.2) is 6.61 Å². The van der Waals surface area contributed by atoms with E-state index in [4.69, 9.17) is 4.74 Å². The van der Waals surface area contributed by atoms with Crippen LogP contribution in [0.15, 0.2) is 21.1 Å². The maximum absolute atomic E-state index is 12.5. The van der Waals surface area contributed by atoms with E-state index in [1.165, 1.54) is 10.2 Å². The Kier molecular flexibility index (Phi) is 6.63. The summed E-state index contributed by atoms with van der Waals surface area (Å²) in [6.45, 7) is 7.96. The lowest BCUT2D eigenvalue weighted by Gasteiger charge is -2.11. The quantitative estimate of drug-likeness (QED) is 0.583. The highest BCUT2D eigenvalue weighted by molar-refractivity contribution is 9.11. The van der Waals surface area contributed by atoms with Gasteiger partial charge in [0.1, 0.15) is 5.75 Å². The summed E-state index contributed by atoms with van der Waals surface area (Å²) in [5.74, 6) is 0.520. The first kappa shape index (κ1) is 19.2. The van der Waals surface area contributed by atoms with Crippen LogP contribution in [0.1, 0.15) is 47.1 Å². The monoisotopic (exact) mass is 456 g/mol. The molecular formula is C18H22Br2N2O2. The molecule has 4 nitrogen and oxygen atoms in total. The van der Waals surface area contributed by atoms with Gasteiger partial charge in [-0.05, 0) is 72.8 Å². The van der Waals surface area contributed by atoms with E-state index in [9.17, 15) is 4.79 Å². The molecule has 0 N–H and O–H groups in total. The summed E-state index contributed by atoms with van der Waals surface area (Å²) in [5.41, 5.74) is 3.98. The van der Waals surface area contributed by atoms with Crippen LogP contribution in [-0.4, -0.2) is 22.3 Å². The maximum Gasteiger partial charge on any atom is 0.284 e. The second kappa shape index (κ2) is 8.30. The van der Waals surface area contributed by atoms with E-state index >= 15 is 0 Å². The highest BCUT2D eigenvalue weighted by atomic mass is 79.9. The number of ether oxygens (including phenoxy) is 1. The molecule has 2 rings (SSSR count). The van der Waals surface area contributed by atoms with Crippen LogP contribution in [0, 0.1) is 20.8 Å². The fourth-order valence-corrected chi connectivity index (χ4v) is 4.25. The molecule has 2 aromatic rings. The molecule has 0 bridgehead atoms. The number of carbonyl (C=O) groups excluding carboxylic acids is 1. The van der Waals surface area contributed by atoms with Gasteiger partial charge in [-0.1, -0.05) is 29.3 Å². The zero-order valence-electron chi connectivity index (χ0n) is 14.4. The minimum Gasteiger partial charge on any atom is -0.482 e. The summed E-state index contributed by atoms with van der Waals surface area (Å²) in [6, 6.07) is 3.86. The van der Waals surface area contributed by atoms with E-state index in [1.807, 2.05) is 32.9 Å². The van der Waals surface area contributed by atoms with Crippen LogP contribution in [0.3, 0.4) is 0 Å². The Bertz CT molecular complexity index is 731. The average molecular weight is 458 g/mol. The Morgan fingerprint density at radius 2 is 1.96 bits per heavy atom. The zero-order chi connectivity index (χ0) is 17.9. The molecule has 1 aromatic heterocycles. The molecule has 0 aliphatic heterocycles. The fourth-order valence-electron chi connectivity index (χ4n) is 2.70. The molecule has 0 fully saturated rings. The Balaban J connectivity index is 2.14. The van der Waals surface area contributed by atoms with Crippen molar-refractivity contribution in [3.05, 3.63) is 43.6 Å². The van der Waals surface area contributed by atoms with Gasteiger partial charge in [0.25, 0.3) is 5.91 Å². The molecular weight excluding hydrogens is 436 g/mol. The Morgan fingerprint density at radius 1 is 1.25 bits per heavy atom. The predicted molar refractivity (Wildman–Crippen MR) is 103 cm³/mol. The number of carbonyl (C=O) groups is 1. The van der Waals surface area contributed by atoms with Crippen LogP contribution in [0.25, 0.3) is 0 Å². The first-order chi connectivity index (χ1) is 11.3. The van der Waals surface area contributed by atoms with Gasteiger partial charge < -0.3 is 4.74 Å². The standard InChI is InChI=1S/C18H22Br2N2O2/c1-5-6-7-15-12(3)21-22(13(15)4)17(23)10-24-18-11(2)8-14(19)9-16(18)20/h8-9H,5-7,10H2,1-4H3. The molecule has 0 aliphatic carbocycles. The number of hydrogen-bond donors (Lipinski definition) is 0. The number of unbranched alkanes of at least 4 members (excludes halogenated alkanes) is 1. The van der Waals surface area contributed by atoms with Crippen LogP contribution in [0.4, 0.5) is 0 Å². The number of nitrogens with zero attached hydrogens (tertiary/aromatic N) is 2. The van der Waals surface area contributed by atoms with Gasteiger partial charge in [-0.2, -0.15) is 5.10 Å². The third-order valence-electron chi connectivity index (χ3n) is 3.99. The number of aryl methyl sites for hydroxylation is 2. The van der Waals surface area contributed by atoms with Gasteiger partial charge in [-0.3, -0.25) is 4.79 Å². The summed E-state index contributed by atoms with van der Waals surface area (Å²) in [4.78, 5) is 12.5. The van der Waals surface area contributed by atoms with E-state index in [2.05, 4.69) is 43.9 Å². The van der Waals surface area contributed by atoms with E-state index in [0.29, 0.717) is 5.75 Å². The van der Waals surface area contributed by atoms with Gasteiger partial charge in [0, 0.05) is 10.2 Å². The van der Waals surface area contributed by atoms with Crippen molar-refractivity contribution in [2.24, 2.45) is 0 Å². The lowest BCUT2D eigenvalue weighted by atomic mass is 10.1. The van der Waals surface area contributed by atoms with Crippen molar-refractivity contribution in [3.63, 3.8) is 0 Å². The summed E-state index contributed by atoms with van der Waals surface area (Å²) in [6.07, 6.45) is 3.18. The summed E-state index contributed by atoms with van der Waals surface area (Å²) >= 11 is 6.91. The minimum atomic E-state index is -0.160. The van der Waals surface area contributed by atoms with Crippen molar-refractivity contribution in [3.8, 4) is 5.75 Å². The van der Waals surface area contributed by atoms with Crippen molar-refractivity contribution < 1.29 is 9.53 Å². The SMILES string of the molecule is CCCCc1c(C)nn(C(=O)COc2c(C)cc(Br)cc2Br)c1C. The van der Waals surface area contributed by atoms with Gasteiger partial charge in [0.05, 0.1) is 10.2 Å². The molecule has 0 aliphatic rings. The smallest absolute Gasteiger partial charge is 0.284 e. The molecule has 0 unspecified atom stereocenters. The molecule has 0 amide bonds. The average Bonchev–Trinajstić information content (AvgIpc) is 2.78. The van der Waals surface area contributed by atoms with Crippen molar-refractivity contribution in [1.29, 1.82) is 0 Å². The number of rotatable bonds is 6. The topological polar surface area (TPSA) is 44.1 Å². The van der Waals surface area contributed by atoms with Crippen LogP contribution in [0.2, 0.25) is 0 Å². The Morgan fingerprint density at radius 3 is 2.58 bits per heavy atom. The lowest BCUT2D eigenvalue weighted by molar-refractivity contribution is 0.0817. The van der Waals surface area contributed by atoms with Crippen molar-refractivity contribution >= 4 is 37.8 Å². The summed E-state index contributed by atoms with van der Waals surface area (Å²) < 4.78 is 9.00. The zero-order valence-corrected chi connectivity index (χ0v) is 17.6. The van der Waals surface area contributed by atoms with E-state index in [-0.39, 0.29) is 12.5 Å². The highest BCUT2D eigenvalue weighted by Crippen LogP contribution is 2.32. The van der Waals surface area contributed by atoms with Crippen molar-refractivity contribution in [1.82, 2.24) is 9.78 Å². The van der Waals surface area contributed by atoms with Crippen LogP contribution in [0.5, 0.6) is 5.75 Å². The number of halogens is 2. The third-order valence-corrected chi connectivity index (χ3v) is 5.04. The first-order valence-corrected chi connectivity index (χ1v) is 9.60. The van der Waals surface area contributed by atoms with E-state index in [1.54, 1.807) is 0 Å². The molecule has 1 heterocycles. The molecule has 130 valence electrons. The lowest BCUT2D eigenvalue weighted by Crippen LogP contribution is -2.22. The fraction of sp³-hybridized carbons (Fsp3) is 0.444. The van der Waals surface area contributed by atoms with Crippen LogP contribution < -0.4 is 4.74 Å². The molecule has 24 heavy (non-hydrogen) atoms. The molecule has 0 spiro atoms. The maximum atomic E-state index is 12.5. The minimum absolute atomic E-state index is 0.0454. The van der Waals surface area contributed by atoms with Crippen molar-refractivity contribution in [2.75, 3.05) is 6.61 Å². The largest absolute Gasteiger partial charge is 0.482 e.